The van der Waals surface area contributed by atoms with Crippen LogP contribution in [0.1, 0.15) is 30.0 Å². The number of alkyl halides is 3. The summed E-state index contributed by atoms with van der Waals surface area (Å²) in [7, 11) is 0. The monoisotopic (exact) mass is 432 g/mol. The molecule has 1 heterocycles. The Bertz CT molecular complexity index is 1090. The summed E-state index contributed by atoms with van der Waals surface area (Å²) in [6.45, 7) is 1.74. The van der Waals surface area contributed by atoms with Crippen LogP contribution in [0.5, 0.6) is 0 Å². The van der Waals surface area contributed by atoms with E-state index in [0.717, 1.165) is 24.5 Å². The molecule has 3 aromatic carbocycles. The number of hydrogen-bond donors (Lipinski definition) is 0. The van der Waals surface area contributed by atoms with Crippen LogP contribution in [-0.2, 0) is 24.2 Å². The van der Waals surface area contributed by atoms with Crippen molar-refractivity contribution < 1.29 is 26.7 Å². The minimum Gasteiger partial charge on any atom is -0.364 e. The molecule has 0 aliphatic carbocycles. The first-order chi connectivity index (χ1) is 14.8. The summed E-state index contributed by atoms with van der Waals surface area (Å²) in [5.74, 6) is -1.31. The predicted molar refractivity (Wildman–Crippen MR) is 110 cm³/mol. The van der Waals surface area contributed by atoms with Gasteiger partial charge >= 0.3 is 6.18 Å². The van der Waals surface area contributed by atoms with Gasteiger partial charge in [0.2, 0.25) is 0 Å². The third-order valence-electron chi connectivity index (χ3n) is 5.59. The SMILES string of the molecule is CCCc1ccc(-c2ccc(-c3cc(F)c4c(c3)COC(C(F)(F)F)C4)c(F)c2)cc1. The van der Waals surface area contributed by atoms with Gasteiger partial charge in [0.05, 0.1) is 6.61 Å². The summed E-state index contributed by atoms with van der Waals surface area (Å²) in [5, 5.41) is 0. The van der Waals surface area contributed by atoms with E-state index in [-0.39, 0.29) is 23.3 Å². The van der Waals surface area contributed by atoms with Crippen LogP contribution in [0.15, 0.2) is 54.6 Å². The van der Waals surface area contributed by atoms with Crippen molar-refractivity contribution >= 4 is 0 Å². The van der Waals surface area contributed by atoms with Crippen LogP contribution in [0.4, 0.5) is 22.0 Å². The van der Waals surface area contributed by atoms with Crippen LogP contribution in [0.2, 0.25) is 0 Å². The highest BCUT2D eigenvalue weighted by molar-refractivity contribution is 5.72. The number of aryl methyl sites for hydroxylation is 1. The Labute approximate surface area is 177 Å². The number of fused-ring (bicyclic) bond motifs is 1. The van der Waals surface area contributed by atoms with Gasteiger partial charge < -0.3 is 4.74 Å². The molecular formula is C25H21F5O. The highest BCUT2D eigenvalue weighted by Gasteiger charge is 2.43. The zero-order valence-electron chi connectivity index (χ0n) is 16.9. The zero-order chi connectivity index (χ0) is 22.2. The molecule has 0 aromatic heterocycles. The Balaban J connectivity index is 1.63. The smallest absolute Gasteiger partial charge is 0.364 e. The molecule has 162 valence electrons. The van der Waals surface area contributed by atoms with Crippen molar-refractivity contribution in [2.75, 3.05) is 0 Å². The summed E-state index contributed by atoms with van der Waals surface area (Å²) in [6.07, 6.45) is -5.15. The molecule has 1 atom stereocenters. The van der Waals surface area contributed by atoms with Crippen molar-refractivity contribution in [3.05, 3.63) is 82.9 Å². The summed E-state index contributed by atoms with van der Waals surface area (Å²) in [6, 6.07) is 15.2. The lowest BCUT2D eigenvalue weighted by atomic mass is 9.92. The molecule has 1 nitrogen and oxygen atoms in total. The van der Waals surface area contributed by atoms with Crippen LogP contribution in [0.25, 0.3) is 22.3 Å². The molecular weight excluding hydrogens is 411 g/mol. The Kier molecular flexibility index (Phi) is 5.84. The average molecular weight is 432 g/mol. The minimum absolute atomic E-state index is 0.0264. The molecule has 6 heteroatoms. The molecule has 0 radical (unpaired) electrons. The highest BCUT2D eigenvalue weighted by atomic mass is 19.4. The van der Waals surface area contributed by atoms with E-state index in [1.165, 1.54) is 17.7 Å². The minimum atomic E-state index is -4.56. The van der Waals surface area contributed by atoms with Crippen molar-refractivity contribution in [1.82, 2.24) is 0 Å². The van der Waals surface area contributed by atoms with Crippen LogP contribution in [0.3, 0.4) is 0 Å². The highest BCUT2D eigenvalue weighted by Crippen LogP contribution is 2.36. The third-order valence-corrected chi connectivity index (χ3v) is 5.59. The molecule has 1 aliphatic heterocycles. The van der Waals surface area contributed by atoms with E-state index >= 15 is 0 Å². The van der Waals surface area contributed by atoms with E-state index in [0.29, 0.717) is 11.1 Å². The fraction of sp³-hybridized carbons (Fsp3) is 0.280. The van der Waals surface area contributed by atoms with Gasteiger partial charge in [-0.25, -0.2) is 8.78 Å². The van der Waals surface area contributed by atoms with Crippen molar-refractivity contribution in [2.24, 2.45) is 0 Å². The van der Waals surface area contributed by atoms with Crippen molar-refractivity contribution in [1.29, 1.82) is 0 Å². The number of hydrogen-bond acceptors (Lipinski definition) is 1. The zero-order valence-corrected chi connectivity index (χ0v) is 16.9. The number of benzene rings is 3. The van der Waals surface area contributed by atoms with Crippen molar-refractivity contribution in [3.8, 4) is 22.3 Å². The Morgan fingerprint density at radius 1 is 0.871 bits per heavy atom. The predicted octanol–water partition coefficient (Wildman–Crippen LogP) is 7.25. The molecule has 0 saturated carbocycles. The third kappa shape index (κ3) is 4.49. The molecule has 0 amide bonds. The molecule has 0 fully saturated rings. The molecule has 0 bridgehead atoms. The quantitative estimate of drug-likeness (QED) is 0.395. The van der Waals surface area contributed by atoms with E-state index in [2.05, 4.69) is 6.92 Å². The lowest BCUT2D eigenvalue weighted by Crippen LogP contribution is -2.37. The number of ether oxygens (including phenoxy) is 1. The van der Waals surface area contributed by atoms with Gasteiger partial charge in [-0.3, -0.25) is 0 Å². The largest absolute Gasteiger partial charge is 0.414 e. The van der Waals surface area contributed by atoms with E-state index in [4.69, 9.17) is 4.74 Å². The summed E-state index contributed by atoms with van der Waals surface area (Å²) < 4.78 is 73.1. The van der Waals surface area contributed by atoms with Crippen LogP contribution in [0, 0.1) is 11.6 Å². The molecule has 1 unspecified atom stereocenters. The molecule has 0 spiro atoms. The lowest BCUT2D eigenvalue weighted by Gasteiger charge is -2.27. The van der Waals surface area contributed by atoms with Crippen molar-refractivity contribution in [3.63, 3.8) is 0 Å². The molecule has 31 heavy (non-hydrogen) atoms. The fourth-order valence-corrected chi connectivity index (χ4v) is 3.93. The molecule has 4 rings (SSSR count). The van der Waals surface area contributed by atoms with E-state index in [1.54, 1.807) is 12.1 Å². The van der Waals surface area contributed by atoms with Gasteiger partial charge in [0.25, 0.3) is 0 Å². The maximum absolute atomic E-state index is 14.9. The Morgan fingerprint density at radius 3 is 2.19 bits per heavy atom. The second-order valence-electron chi connectivity index (χ2n) is 7.78. The topological polar surface area (TPSA) is 9.23 Å². The normalized spacial score (nSPS) is 16.3. The van der Waals surface area contributed by atoms with Crippen LogP contribution >= 0.6 is 0 Å². The van der Waals surface area contributed by atoms with Gasteiger partial charge in [0, 0.05) is 12.0 Å². The summed E-state index contributed by atoms with van der Waals surface area (Å²) >= 11 is 0. The van der Waals surface area contributed by atoms with E-state index in [1.807, 2.05) is 24.3 Å². The van der Waals surface area contributed by atoms with Gasteiger partial charge in [-0.05, 0) is 58.0 Å². The van der Waals surface area contributed by atoms with Crippen LogP contribution in [-0.4, -0.2) is 12.3 Å². The molecule has 3 aromatic rings. The maximum Gasteiger partial charge on any atom is 0.414 e. The summed E-state index contributed by atoms with van der Waals surface area (Å²) in [5.41, 5.74) is 3.51. The summed E-state index contributed by atoms with van der Waals surface area (Å²) in [4.78, 5) is 0. The van der Waals surface area contributed by atoms with E-state index in [9.17, 15) is 22.0 Å². The molecule has 0 saturated heterocycles. The van der Waals surface area contributed by atoms with Gasteiger partial charge in [0.15, 0.2) is 6.10 Å². The first-order valence-electron chi connectivity index (χ1n) is 10.1. The Morgan fingerprint density at radius 2 is 1.55 bits per heavy atom. The number of halogens is 5. The number of rotatable bonds is 4. The molecule has 0 N–H and O–H groups in total. The van der Waals surface area contributed by atoms with Crippen LogP contribution < -0.4 is 0 Å². The maximum atomic E-state index is 14.9. The van der Waals surface area contributed by atoms with E-state index < -0.39 is 30.3 Å². The van der Waals surface area contributed by atoms with Gasteiger partial charge in [-0.1, -0.05) is 49.7 Å². The second-order valence-corrected chi connectivity index (χ2v) is 7.78. The average Bonchev–Trinajstić information content (AvgIpc) is 2.73. The first kappa shape index (κ1) is 21.5. The van der Waals surface area contributed by atoms with Gasteiger partial charge in [0.1, 0.15) is 11.6 Å². The van der Waals surface area contributed by atoms with Gasteiger partial charge in [-0.15, -0.1) is 0 Å². The first-order valence-corrected chi connectivity index (χ1v) is 10.1. The Hall–Kier alpha value is -2.73. The van der Waals surface area contributed by atoms with Crippen molar-refractivity contribution in [2.45, 2.75) is 45.1 Å². The van der Waals surface area contributed by atoms with Gasteiger partial charge in [-0.2, -0.15) is 13.2 Å². The fourth-order valence-electron chi connectivity index (χ4n) is 3.93. The lowest BCUT2D eigenvalue weighted by molar-refractivity contribution is -0.226. The molecule has 1 aliphatic rings. The second kappa shape index (κ2) is 8.42. The standard InChI is InChI=1S/C25H21F5O/c1-2-3-15-4-6-16(7-5-15)17-8-9-20(22(26)11-17)18-10-19-14-31-24(25(28,29)30)13-21(19)23(27)12-18/h4-12,24H,2-3,13-14H2,1H3.